The monoisotopic (exact) mass is 478 g/mol. The number of rotatable bonds is 7. The Hall–Kier alpha value is -2.10. The molecule has 1 N–H and O–H groups in total. The number of halogens is 2. The summed E-state index contributed by atoms with van der Waals surface area (Å²) in [4.78, 5) is 17.1. The van der Waals surface area contributed by atoms with Crippen LogP contribution in [0.25, 0.3) is 0 Å². The van der Waals surface area contributed by atoms with Crippen LogP contribution in [0, 0.1) is 11.6 Å². The first-order valence-electron chi connectivity index (χ1n) is 9.71. The van der Waals surface area contributed by atoms with E-state index in [9.17, 15) is 13.6 Å². The zero-order valence-electron chi connectivity index (χ0n) is 16.5. The number of nitrogens with zero attached hydrogens (tertiary/aromatic N) is 1. The molecule has 1 fully saturated rings. The van der Waals surface area contributed by atoms with E-state index in [1.807, 2.05) is 47.8 Å². The van der Waals surface area contributed by atoms with E-state index < -0.39 is 11.6 Å². The summed E-state index contributed by atoms with van der Waals surface area (Å²) in [6.07, 6.45) is 3.11. The first-order chi connectivity index (χ1) is 15.1. The molecule has 0 radical (unpaired) electrons. The maximum absolute atomic E-state index is 13.8. The summed E-state index contributed by atoms with van der Waals surface area (Å²) in [7, 11) is 0. The number of benzene rings is 2. The average Bonchev–Trinajstić information content (AvgIpc) is 3.22. The maximum atomic E-state index is 13.8. The van der Waals surface area contributed by atoms with Crippen LogP contribution < -0.4 is 10.1 Å². The zero-order chi connectivity index (χ0) is 21.6. The number of thioether (sulfide) groups is 2. The number of nitrogens with one attached hydrogen (secondary N) is 1. The summed E-state index contributed by atoms with van der Waals surface area (Å²) < 4.78 is 32.9. The molecular formula is C22H20F2N2O2S3. The third-order valence-electron chi connectivity index (χ3n) is 4.53. The molecular weight excluding hydrogens is 458 g/mol. The Labute approximate surface area is 191 Å². The van der Waals surface area contributed by atoms with Gasteiger partial charge in [0.05, 0.1) is 4.58 Å². The highest BCUT2D eigenvalue weighted by atomic mass is 32.2. The van der Waals surface area contributed by atoms with Gasteiger partial charge < -0.3 is 4.74 Å². The van der Waals surface area contributed by atoms with Crippen molar-refractivity contribution in [1.82, 2.24) is 4.98 Å². The van der Waals surface area contributed by atoms with Crippen LogP contribution in [0.4, 0.5) is 13.9 Å². The van der Waals surface area contributed by atoms with Gasteiger partial charge in [0, 0.05) is 23.6 Å². The van der Waals surface area contributed by atoms with Crippen LogP contribution in [-0.4, -0.2) is 29.0 Å². The summed E-state index contributed by atoms with van der Waals surface area (Å²) in [5.41, 5.74) is 1.64. The number of thiazole rings is 1. The van der Waals surface area contributed by atoms with E-state index in [0.29, 0.717) is 21.0 Å². The van der Waals surface area contributed by atoms with Crippen molar-refractivity contribution in [2.24, 2.45) is 0 Å². The molecule has 1 amide bonds. The van der Waals surface area contributed by atoms with Gasteiger partial charge in [0.2, 0.25) is 0 Å². The minimum Gasteiger partial charge on any atom is -0.484 e. The van der Waals surface area contributed by atoms with Crippen molar-refractivity contribution in [3.05, 3.63) is 76.3 Å². The topological polar surface area (TPSA) is 51.2 Å². The molecule has 0 spiro atoms. The molecule has 0 atom stereocenters. The van der Waals surface area contributed by atoms with Crippen LogP contribution >= 0.6 is 34.9 Å². The molecule has 1 aliphatic heterocycles. The first kappa shape index (κ1) is 22.1. The second kappa shape index (κ2) is 10.5. The first-order valence-corrected chi connectivity index (χ1v) is 12.6. The van der Waals surface area contributed by atoms with Crippen LogP contribution in [-0.2, 0) is 11.2 Å². The minimum absolute atomic E-state index is 0.131. The largest absolute Gasteiger partial charge is 0.484 e. The van der Waals surface area contributed by atoms with Crippen molar-refractivity contribution < 1.29 is 18.3 Å². The zero-order valence-corrected chi connectivity index (χ0v) is 18.9. The van der Waals surface area contributed by atoms with E-state index in [2.05, 4.69) is 10.3 Å². The molecule has 1 aliphatic rings. The molecule has 3 aromatic rings. The van der Waals surface area contributed by atoms with Gasteiger partial charge in [-0.05, 0) is 47.3 Å². The fourth-order valence-corrected chi connectivity index (χ4v) is 6.75. The summed E-state index contributed by atoms with van der Waals surface area (Å²) in [6, 6.07) is 11.4. The molecule has 1 saturated heterocycles. The Balaban J connectivity index is 1.26. The summed E-state index contributed by atoms with van der Waals surface area (Å²) in [6.45, 7) is -0.131. The number of ether oxygens (including phenoxy) is 1. The van der Waals surface area contributed by atoms with Gasteiger partial charge in [-0.3, -0.25) is 10.1 Å². The van der Waals surface area contributed by atoms with Gasteiger partial charge in [-0.25, -0.2) is 13.8 Å². The molecule has 31 heavy (non-hydrogen) atoms. The molecule has 1 aromatic heterocycles. The predicted octanol–water partition coefficient (Wildman–Crippen LogP) is 5.90. The lowest BCUT2D eigenvalue weighted by Gasteiger charge is -2.21. The van der Waals surface area contributed by atoms with Crippen LogP contribution in [0.5, 0.6) is 5.75 Å². The molecule has 2 aromatic carbocycles. The molecule has 4 rings (SSSR count). The molecule has 2 heterocycles. The Morgan fingerprint density at radius 1 is 1.13 bits per heavy atom. The van der Waals surface area contributed by atoms with Crippen LogP contribution in [0.2, 0.25) is 0 Å². The van der Waals surface area contributed by atoms with E-state index >= 15 is 0 Å². The molecule has 0 saturated carbocycles. The van der Waals surface area contributed by atoms with Gasteiger partial charge in [0.1, 0.15) is 17.4 Å². The molecule has 0 aliphatic carbocycles. The summed E-state index contributed by atoms with van der Waals surface area (Å²) in [5.74, 6) is 1.48. The lowest BCUT2D eigenvalue weighted by atomic mass is 10.1. The van der Waals surface area contributed by atoms with Gasteiger partial charge in [0.15, 0.2) is 11.7 Å². The standard InChI is InChI=1S/C22H20F2N2O2S3/c23-16-5-2-15(19(24)11-16)10-18-12-25-22(31-18)26-20(27)13-28-17-6-3-14(4-7-17)21-29-8-1-9-30-21/h2-7,11-12,21H,1,8-10,13H2,(H,25,26,27). The molecule has 9 heteroatoms. The number of carbonyl (C=O) groups is 1. The molecule has 0 bridgehead atoms. The van der Waals surface area contributed by atoms with Crippen molar-refractivity contribution >= 4 is 45.9 Å². The highest BCUT2D eigenvalue weighted by Gasteiger charge is 2.16. The summed E-state index contributed by atoms with van der Waals surface area (Å²) >= 11 is 5.16. The summed E-state index contributed by atoms with van der Waals surface area (Å²) in [5, 5.41) is 3.10. The number of hydrogen-bond acceptors (Lipinski definition) is 6. The van der Waals surface area contributed by atoms with Crippen LogP contribution in [0.1, 0.15) is 27.0 Å². The smallest absolute Gasteiger partial charge is 0.264 e. The van der Waals surface area contributed by atoms with Crippen molar-refractivity contribution in [2.75, 3.05) is 23.4 Å². The predicted molar refractivity (Wildman–Crippen MR) is 124 cm³/mol. The van der Waals surface area contributed by atoms with Crippen molar-refractivity contribution in [3.63, 3.8) is 0 Å². The highest BCUT2D eigenvalue weighted by molar-refractivity contribution is 8.16. The van der Waals surface area contributed by atoms with Gasteiger partial charge in [-0.1, -0.05) is 18.2 Å². The Morgan fingerprint density at radius 3 is 2.65 bits per heavy atom. The van der Waals surface area contributed by atoms with E-state index in [1.54, 1.807) is 6.20 Å². The lowest BCUT2D eigenvalue weighted by molar-refractivity contribution is -0.118. The molecule has 4 nitrogen and oxygen atoms in total. The number of amides is 1. The van der Waals surface area contributed by atoms with Crippen molar-refractivity contribution in [3.8, 4) is 5.75 Å². The second-order valence-corrected chi connectivity index (χ2v) is 10.7. The third-order valence-corrected chi connectivity index (χ3v) is 8.46. The fourth-order valence-electron chi connectivity index (χ4n) is 3.01. The maximum Gasteiger partial charge on any atom is 0.264 e. The average molecular weight is 479 g/mol. The quantitative estimate of drug-likeness (QED) is 0.458. The van der Waals surface area contributed by atoms with E-state index in [0.717, 1.165) is 10.9 Å². The van der Waals surface area contributed by atoms with Gasteiger partial charge in [0.25, 0.3) is 5.91 Å². The van der Waals surface area contributed by atoms with Crippen molar-refractivity contribution in [1.29, 1.82) is 0 Å². The fraction of sp³-hybridized carbons (Fsp3) is 0.273. The minimum atomic E-state index is -0.611. The van der Waals surface area contributed by atoms with E-state index in [4.69, 9.17) is 4.74 Å². The Bertz CT molecular complexity index is 1040. The Kier molecular flexibility index (Phi) is 7.47. The normalized spacial score (nSPS) is 14.4. The second-order valence-electron chi connectivity index (χ2n) is 6.88. The van der Waals surface area contributed by atoms with Crippen LogP contribution in [0.15, 0.2) is 48.7 Å². The van der Waals surface area contributed by atoms with Gasteiger partial charge in [-0.15, -0.1) is 34.9 Å². The van der Waals surface area contributed by atoms with E-state index in [1.165, 1.54) is 47.0 Å². The SMILES string of the molecule is O=C(COc1ccc(C2SCCCS2)cc1)Nc1ncc(Cc2ccc(F)cc2F)s1. The third kappa shape index (κ3) is 6.21. The van der Waals surface area contributed by atoms with Gasteiger partial charge in [-0.2, -0.15) is 0 Å². The Morgan fingerprint density at radius 2 is 1.90 bits per heavy atom. The van der Waals surface area contributed by atoms with Crippen molar-refractivity contribution in [2.45, 2.75) is 17.4 Å². The van der Waals surface area contributed by atoms with Gasteiger partial charge >= 0.3 is 0 Å². The van der Waals surface area contributed by atoms with Crippen LogP contribution in [0.3, 0.4) is 0 Å². The van der Waals surface area contributed by atoms with E-state index in [-0.39, 0.29) is 18.9 Å². The number of hydrogen-bond donors (Lipinski definition) is 1. The highest BCUT2D eigenvalue weighted by Crippen LogP contribution is 2.43. The molecule has 162 valence electrons. The molecule has 0 unspecified atom stereocenters. The number of anilines is 1. The lowest BCUT2D eigenvalue weighted by Crippen LogP contribution is -2.20. The number of carbonyl (C=O) groups excluding carboxylic acids is 1. The number of aromatic nitrogens is 1.